The van der Waals surface area contributed by atoms with Crippen molar-refractivity contribution in [2.75, 3.05) is 0 Å². The van der Waals surface area contributed by atoms with Crippen molar-refractivity contribution >= 4 is 11.0 Å². The highest BCUT2D eigenvalue weighted by molar-refractivity contribution is 5.77. The Morgan fingerprint density at radius 3 is 2.92 bits per heavy atom. The smallest absolute Gasteiger partial charge is 0.213 e. The zero-order valence-electron chi connectivity index (χ0n) is 6.95. The van der Waals surface area contributed by atoms with Gasteiger partial charge in [0, 0.05) is 7.05 Å². The summed E-state index contributed by atoms with van der Waals surface area (Å²) in [5.74, 6) is -0.130. The molecule has 0 radical (unpaired) electrons. The van der Waals surface area contributed by atoms with E-state index >= 15 is 0 Å². The van der Waals surface area contributed by atoms with Crippen LogP contribution in [0.15, 0.2) is 18.2 Å². The van der Waals surface area contributed by atoms with Crippen molar-refractivity contribution in [1.82, 2.24) is 9.55 Å². The predicted molar refractivity (Wildman–Crippen MR) is 45.4 cm³/mol. The maximum atomic E-state index is 13.2. The predicted octanol–water partition coefficient (Wildman–Crippen LogP) is 1.58. The molecule has 0 saturated heterocycles. The van der Waals surface area contributed by atoms with Gasteiger partial charge in [-0.3, -0.25) is 0 Å². The van der Waals surface area contributed by atoms with Gasteiger partial charge in [-0.25, -0.2) is 9.37 Å². The highest BCUT2D eigenvalue weighted by Gasteiger charge is 2.09. The molecule has 0 fully saturated rings. The van der Waals surface area contributed by atoms with Gasteiger partial charge in [-0.05, 0) is 12.1 Å². The van der Waals surface area contributed by atoms with Crippen LogP contribution in [0.1, 0.15) is 5.82 Å². The van der Waals surface area contributed by atoms with E-state index in [0.29, 0.717) is 11.0 Å². The molecule has 1 heterocycles. The van der Waals surface area contributed by atoms with Crippen LogP contribution < -0.4 is 0 Å². The number of aromatic nitrogens is 2. The summed E-state index contributed by atoms with van der Waals surface area (Å²) in [4.78, 5) is 3.95. The number of halogens is 1. The lowest BCUT2D eigenvalue weighted by molar-refractivity contribution is 0.631. The van der Waals surface area contributed by atoms with Crippen LogP contribution in [0.25, 0.3) is 11.0 Å². The SMILES string of the molecule is Cn1c(C#N)nc2cccc(F)c21. The Hall–Kier alpha value is -1.89. The fourth-order valence-corrected chi connectivity index (χ4v) is 1.32. The summed E-state index contributed by atoms with van der Waals surface area (Å²) in [5.41, 5.74) is 0.887. The highest BCUT2D eigenvalue weighted by Crippen LogP contribution is 2.17. The van der Waals surface area contributed by atoms with Gasteiger partial charge >= 0.3 is 0 Å². The molecule has 4 heteroatoms. The Morgan fingerprint density at radius 1 is 1.54 bits per heavy atom. The minimum absolute atomic E-state index is 0.222. The van der Waals surface area contributed by atoms with Crippen molar-refractivity contribution in [3.8, 4) is 6.07 Å². The number of imidazole rings is 1. The van der Waals surface area contributed by atoms with Crippen molar-refractivity contribution in [2.24, 2.45) is 7.05 Å². The lowest BCUT2D eigenvalue weighted by Crippen LogP contribution is -1.93. The Kier molecular flexibility index (Phi) is 1.52. The second-order valence-electron chi connectivity index (χ2n) is 2.71. The fourth-order valence-electron chi connectivity index (χ4n) is 1.32. The topological polar surface area (TPSA) is 41.6 Å². The third-order valence-corrected chi connectivity index (χ3v) is 1.94. The largest absolute Gasteiger partial charge is 0.316 e. The maximum Gasteiger partial charge on any atom is 0.213 e. The van der Waals surface area contributed by atoms with Crippen molar-refractivity contribution in [1.29, 1.82) is 5.26 Å². The van der Waals surface area contributed by atoms with E-state index in [1.54, 1.807) is 19.2 Å². The third kappa shape index (κ3) is 0.975. The van der Waals surface area contributed by atoms with Gasteiger partial charge in [-0.15, -0.1) is 0 Å². The van der Waals surface area contributed by atoms with E-state index in [1.807, 2.05) is 6.07 Å². The number of nitrogens with zero attached hydrogens (tertiary/aromatic N) is 3. The summed E-state index contributed by atoms with van der Waals surface area (Å²) < 4.78 is 14.7. The number of benzene rings is 1. The van der Waals surface area contributed by atoms with Gasteiger partial charge in [0.2, 0.25) is 5.82 Å². The first-order valence-corrected chi connectivity index (χ1v) is 3.75. The minimum atomic E-state index is -0.353. The van der Waals surface area contributed by atoms with Crippen LogP contribution in [-0.4, -0.2) is 9.55 Å². The van der Waals surface area contributed by atoms with Crippen molar-refractivity contribution in [3.63, 3.8) is 0 Å². The number of aryl methyl sites for hydroxylation is 1. The van der Waals surface area contributed by atoms with Crippen LogP contribution in [-0.2, 0) is 7.05 Å². The molecule has 13 heavy (non-hydrogen) atoms. The molecule has 0 atom stereocenters. The molecule has 0 unspecified atom stereocenters. The van der Waals surface area contributed by atoms with E-state index in [0.717, 1.165) is 0 Å². The van der Waals surface area contributed by atoms with Gasteiger partial charge in [0.15, 0.2) is 0 Å². The molecule has 64 valence electrons. The van der Waals surface area contributed by atoms with Crippen LogP contribution in [0.5, 0.6) is 0 Å². The van der Waals surface area contributed by atoms with Crippen molar-refractivity contribution in [2.45, 2.75) is 0 Å². The normalized spacial score (nSPS) is 10.2. The summed E-state index contributed by atoms with van der Waals surface area (Å²) in [6.45, 7) is 0. The molecule has 0 amide bonds. The molecule has 2 aromatic rings. The van der Waals surface area contributed by atoms with Gasteiger partial charge in [0.25, 0.3) is 0 Å². The zero-order valence-corrected chi connectivity index (χ0v) is 6.95. The molecule has 1 aromatic carbocycles. The second-order valence-corrected chi connectivity index (χ2v) is 2.71. The number of rotatable bonds is 0. The van der Waals surface area contributed by atoms with Gasteiger partial charge in [-0.2, -0.15) is 5.26 Å². The van der Waals surface area contributed by atoms with Crippen molar-refractivity contribution < 1.29 is 4.39 Å². The standard InChI is InChI=1S/C9H6FN3/c1-13-8(5-11)12-7-4-2-3-6(10)9(7)13/h2-4H,1H3. The lowest BCUT2D eigenvalue weighted by atomic mass is 10.3. The second kappa shape index (κ2) is 2.56. The molecule has 0 spiro atoms. The Labute approximate surface area is 74.0 Å². The lowest BCUT2D eigenvalue weighted by Gasteiger charge is -1.95. The van der Waals surface area contributed by atoms with E-state index in [1.165, 1.54) is 10.6 Å². The number of fused-ring (bicyclic) bond motifs is 1. The van der Waals surface area contributed by atoms with Crippen molar-refractivity contribution in [3.05, 3.63) is 29.8 Å². The molecule has 3 nitrogen and oxygen atoms in total. The Morgan fingerprint density at radius 2 is 2.31 bits per heavy atom. The number of para-hydroxylation sites is 1. The molecule has 0 saturated carbocycles. The molecule has 2 rings (SSSR count). The molecular formula is C9H6FN3. The number of nitriles is 1. The summed E-state index contributed by atoms with van der Waals surface area (Å²) >= 11 is 0. The molecule has 0 bridgehead atoms. The van der Waals surface area contributed by atoms with Gasteiger partial charge < -0.3 is 4.57 Å². The summed E-state index contributed by atoms with van der Waals surface area (Å²) in [6, 6.07) is 6.50. The number of hydrogen-bond donors (Lipinski definition) is 0. The van der Waals surface area contributed by atoms with Gasteiger partial charge in [0.1, 0.15) is 17.4 Å². The third-order valence-electron chi connectivity index (χ3n) is 1.94. The van der Waals surface area contributed by atoms with E-state index in [9.17, 15) is 4.39 Å². The zero-order chi connectivity index (χ0) is 9.42. The monoisotopic (exact) mass is 175 g/mol. The first-order chi connectivity index (χ1) is 6.24. The molecule has 0 aliphatic rings. The van der Waals surface area contributed by atoms with Crippen LogP contribution in [0.3, 0.4) is 0 Å². The van der Waals surface area contributed by atoms with Crippen LogP contribution in [0.2, 0.25) is 0 Å². The average Bonchev–Trinajstić information content (AvgIpc) is 2.44. The molecule has 1 aromatic heterocycles. The quantitative estimate of drug-likeness (QED) is 0.610. The molecule has 0 aliphatic carbocycles. The first kappa shape index (κ1) is 7.74. The Bertz CT molecular complexity index is 507. The molecular weight excluding hydrogens is 169 g/mol. The van der Waals surface area contributed by atoms with E-state index < -0.39 is 0 Å². The van der Waals surface area contributed by atoms with Gasteiger partial charge in [-0.1, -0.05) is 6.07 Å². The minimum Gasteiger partial charge on any atom is -0.316 e. The van der Waals surface area contributed by atoms with Crippen LogP contribution >= 0.6 is 0 Å². The van der Waals surface area contributed by atoms with Crippen LogP contribution in [0, 0.1) is 17.1 Å². The highest BCUT2D eigenvalue weighted by atomic mass is 19.1. The Balaban J connectivity index is 2.95. The van der Waals surface area contributed by atoms with E-state index in [4.69, 9.17) is 5.26 Å². The van der Waals surface area contributed by atoms with E-state index in [-0.39, 0.29) is 11.6 Å². The summed E-state index contributed by atoms with van der Waals surface area (Å²) in [6.07, 6.45) is 0. The summed E-state index contributed by atoms with van der Waals surface area (Å²) in [7, 11) is 1.62. The van der Waals surface area contributed by atoms with Gasteiger partial charge in [0.05, 0.1) is 5.52 Å². The van der Waals surface area contributed by atoms with E-state index in [2.05, 4.69) is 4.98 Å². The maximum absolute atomic E-state index is 13.2. The molecule has 0 aliphatic heterocycles. The van der Waals surface area contributed by atoms with Crippen LogP contribution in [0.4, 0.5) is 4.39 Å². The number of hydrogen-bond acceptors (Lipinski definition) is 2. The first-order valence-electron chi connectivity index (χ1n) is 3.75. The summed E-state index contributed by atoms with van der Waals surface area (Å²) in [5, 5.41) is 8.65. The average molecular weight is 175 g/mol. The fraction of sp³-hybridized carbons (Fsp3) is 0.111. The molecule has 0 N–H and O–H groups in total.